The van der Waals surface area contributed by atoms with Crippen LogP contribution >= 0.6 is 0 Å². The maximum atomic E-state index is 11.5. The highest BCUT2D eigenvalue weighted by molar-refractivity contribution is 5.74. The van der Waals surface area contributed by atoms with Crippen LogP contribution in [0.2, 0.25) is 0 Å². The first-order valence-electron chi connectivity index (χ1n) is 6.42. The number of rotatable bonds is 5. The molecule has 1 N–H and O–H groups in total. The number of carboxylic acids is 1. The highest BCUT2D eigenvalue weighted by Crippen LogP contribution is 2.12. The van der Waals surface area contributed by atoms with E-state index < -0.39 is 18.1 Å². The first-order chi connectivity index (χ1) is 9.01. The summed E-state index contributed by atoms with van der Waals surface area (Å²) >= 11 is 0. The van der Waals surface area contributed by atoms with Crippen LogP contribution < -0.4 is 0 Å². The Kier molecular flexibility index (Phi) is 6.04. The van der Waals surface area contributed by atoms with Crippen molar-refractivity contribution in [3.63, 3.8) is 0 Å². The molecule has 1 fully saturated rings. The van der Waals surface area contributed by atoms with E-state index in [0.29, 0.717) is 32.8 Å². The number of carbonyl (C=O) groups is 2. The lowest BCUT2D eigenvalue weighted by Crippen LogP contribution is -2.57. The van der Waals surface area contributed by atoms with E-state index in [-0.39, 0.29) is 6.09 Å². The van der Waals surface area contributed by atoms with E-state index in [9.17, 15) is 14.7 Å². The maximum absolute atomic E-state index is 11.5. The first kappa shape index (κ1) is 15.7. The molecule has 1 heterocycles. The van der Waals surface area contributed by atoms with Gasteiger partial charge in [0.2, 0.25) is 0 Å². The molecule has 1 saturated heterocycles. The fraction of sp³-hybridized carbons (Fsp3) is 0.833. The number of amides is 1. The molecule has 1 aliphatic rings. The molecular formula is C12H22N2O5. The molecule has 2 atom stereocenters. The van der Waals surface area contributed by atoms with E-state index in [4.69, 9.17) is 9.47 Å². The van der Waals surface area contributed by atoms with E-state index in [1.165, 1.54) is 7.11 Å². The van der Waals surface area contributed by atoms with E-state index in [0.717, 1.165) is 0 Å². The zero-order valence-electron chi connectivity index (χ0n) is 11.7. The summed E-state index contributed by atoms with van der Waals surface area (Å²) < 4.78 is 10.0. The number of carboxylic acid groups (broad SMARTS) is 1. The number of aliphatic carboxylic acids is 1. The Labute approximate surface area is 113 Å². The molecule has 1 rings (SSSR count). The highest BCUT2D eigenvalue weighted by atomic mass is 16.6. The Bertz CT molecular complexity index is 315. The third kappa shape index (κ3) is 4.07. The van der Waals surface area contributed by atoms with Crippen molar-refractivity contribution in [2.24, 2.45) is 0 Å². The summed E-state index contributed by atoms with van der Waals surface area (Å²) in [5.74, 6) is -0.904. The van der Waals surface area contributed by atoms with Gasteiger partial charge in [0.15, 0.2) is 0 Å². The number of methoxy groups -OCH3 is 1. The lowest BCUT2D eigenvalue weighted by molar-refractivity contribution is -0.149. The van der Waals surface area contributed by atoms with Crippen LogP contribution in [0.25, 0.3) is 0 Å². The summed E-state index contributed by atoms with van der Waals surface area (Å²) in [5, 5.41) is 9.26. The van der Waals surface area contributed by atoms with Gasteiger partial charge in [0.1, 0.15) is 6.04 Å². The van der Waals surface area contributed by atoms with Crippen LogP contribution in [0.3, 0.4) is 0 Å². The number of hydrogen-bond acceptors (Lipinski definition) is 5. The van der Waals surface area contributed by atoms with Crippen molar-refractivity contribution >= 4 is 12.1 Å². The summed E-state index contributed by atoms with van der Waals surface area (Å²) in [6, 6.07) is -0.686. The van der Waals surface area contributed by atoms with Gasteiger partial charge in [-0.25, -0.2) is 4.79 Å². The third-order valence-corrected chi connectivity index (χ3v) is 3.30. The molecule has 0 radical (unpaired) electrons. The Morgan fingerprint density at radius 3 is 2.26 bits per heavy atom. The van der Waals surface area contributed by atoms with Gasteiger partial charge in [0.25, 0.3) is 0 Å². The summed E-state index contributed by atoms with van der Waals surface area (Å²) in [7, 11) is 1.50. The van der Waals surface area contributed by atoms with Crippen molar-refractivity contribution in [3.05, 3.63) is 0 Å². The van der Waals surface area contributed by atoms with Crippen molar-refractivity contribution < 1.29 is 24.2 Å². The number of carbonyl (C=O) groups excluding carboxylic acids is 1. The van der Waals surface area contributed by atoms with Crippen molar-refractivity contribution in [3.8, 4) is 0 Å². The van der Waals surface area contributed by atoms with E-state index in [2.05, 4.69) is 0 Å². The van der Waals surface area contributed by atoms with Gasteiger partial charge in [-0.15, -0.1) is 0 Å². The van der Waals surface area contributed by atoms with Crippen LogP contribution in [0.15, 0.2) is 0 Å². The van der Waals surface area contributed by atoms with Crippen LogP contribution in [0.4, 0.5) is 4.79 Å². The second-order valence-corrected chi connectivity index (χ2v) is 4.45. The van der Waals surface area contributed by atoms with Crippen LogP contribution in [0.5, 0.6) is 0 Å². The lowest BCUT2D eigenvalue weighted by Gasteiger charge is -2.38. The fourth-order valence-electron chi connectivity index (χ4n) is 2.18. The molecule has 0 aromatic heterocycles. The molecule has 1 aliphatic heterocycles. The molecule has 0 bridgehead atoms. The zero-order chi connectivity index (χ0) is 14.4. The molecule has 0 aromatic rings. The van der Waals surface area contributed by atoms with E-state index in [1.807, 2.05) is 4.90 Å². The number of ether oxygens (including phenoxy) is 2. The lowest BCUT2D eigenvalue weighted by atomic mass is 10.1. The smallest absolute Gasteiger partial charge is 0.409 e. The predicted molar refractivity (Wildman–Crippen MR) is 68.1 cm³/mol. The topological polar surface area (TPSA) is 79.3 Å². The Morgan fingerprint density at radius 2 is 1.84 bits per heavy atom. The first-order valence-corrected chi connectivity index (χ1v) is 6.42. The second-order valence-electron chi connectivity index (χ2n) is 4.45. The minimum Gasteiger partial charge on any atom is -0.480 e. The van der Waals surface area contributed by atoms with Gasteiger partial charge >= 0.3 is 12.1 Å². The molecule has 19 heavy (non-hydrogen) atoms. The molecule has 0 aromatic carbocycles. The molecule has 1 amide bonds. The summed E-state index contributed by atoms with van der Waals surface area (Å²) in [6.07, 6.45) is -0.736. The Morgan fingerprint density at radius 1 is 1.26 bits per heavy atom. The molecule has 2 unspecified atom stereocenters. The average molecular weight is 274 g/mol. The van der Waals surface area contributed by atoms with Crippen molar-refractivity contribution in [1.29, 1.82) is 0 Å². The minimum absolute atomic E-state index is 0.339. The van der Waals surface area contributed by atoms with E-state index >= 15 is 0 Å². The molecule has 7 heteroatoms. The molecule has 0 saturated carbocycles. The molecular weight excluding hydrogens is 252 g/mol. The highest BCUT2D eigenvalue weighted by Gasteiger charge is 2.34. The molecule has 110 valence electrons. The average Bonchev–Trinajstić information content (AvgIpc) is 2.39. The fourth-order valence-corrected chi connectivity index (χ4v) is 2.18. The van der Waals surface area contributed by atoms with Gasteiger partial charge in [-0.3, -0.25) is 9.69 Å². The second kappa shape index (κ2) is 7.30. The van der Waals surface area contributed by atoms with Gasteiger partial charge in [0, 0.05) is 33.3 Å². The SMILES string of the molecule is CCOC(=O)N1CCN(C(C(=O)O)C(C)OC)CC1. The predicted octanol–water partition coefficient (Wildman–Crippen LogP) is 0.249. The monoisotopic (exact) mass is 274 g/mol. The van der Waals surface area contributed by atoms with Gasteiger partial charge in [0.05, 0.1) is 12.7 Å². The Hall–Kier alpha value is -1.34. The standard InChI is InChI=1S/C12H22N2O5/c1-4-19-12(17)14-7-5-13(6-8-14)10(11(15)16)9(2)18-3/h9-10H,4-8H2,1-3H3,(H,15,16). The van der Waals surface area contributed by atoms with Crippen LogP contribution in [-0.4, -0.2) is 79.0 Å². The van der Waals surface area contributed by atoms with Crippen molar-refractivity contribution in [2.45, 2.75) is 26.0 Å². The number of nitrogens with zero attached hydrogens (tertiary/aromatic N) is 2. The van der Waals surface area contributed by atoms with Crippen LogP contribution in [0.1, 0.15) is 13.8 Å². The minimum atomic E-state index is -0.904. The van der Waals surface area contributed by atoms with Crippen LogP contribution in [-0.2, 0) is 14.3 Å². The normalized spacial score (nSPS) is 19.8. The molecule has 0 spiro atoms. The quantitative estimate of drug-likeness (QED) is 0.774. The molecule has 7 nitrogen and oxygen atoms in total. The Balaban J connectivity index is 2.56. The summed E-state index contributed by atoms with van der Waals surface area (Å²) in [5.41, 5.74) is 0. The van der Waals surface area contributed by atoms with Crippen molar-refractivity contribution in [2.75, 3.05) is 39.9 Å². The van der Waals surface area contributed by atoms with Crippen LogP contribution in [0, 0.1) is 0 Å². The maximum Gasteiger partial charge on any atom is 0.409 e. The van der Waals surface area contributed by atoms with Gasteiger partial charge in [-0.2, -0.15) is 0 Å². The zero-order valence-corrected chi connectivity index (χ0v) is 11.7. The largest absolute Gasteiger partial charge is 0.480 e. The molecule has 0 aliphatic carbocycles. The van der Waals surface area contributed by atoms with Crippen molar-refractivity contribution in [1.82, 2.24) is 9.80 Å². The summed E-state index contributed by atoms with van der Waals surface area (Å²) in [4.78, 5) is 26.3. The van der Waals surface area contributed by atoms with Gasteiger partial charge < -0.3 is 19.5 Å². The summed E-state index contributed by atoms with van der Waals surface area (Å²) in [6.45, 7) is 5.79. The van der Waals surface area contributed by atoms with Gasteiger partial charge in [-0.05, 0) is 13.8 Å². The number of piperazine rings is 1. The third-order valence-electron chi connectivity index (χ3n) is 3.30. The number of hydrogen-bond donors (Lipinski definition) is 1. The van der Waals surface area contributed by atoms with E-state index in [1.54, 1.807) is 18.7 Å². The van der Waals surface area contributed by atoms with Gasteiger partial charge in [-0.1, -0.05) is 0 Å².